The Balaban J connectivity index is 1.66. The average Bonchev–Trinajstić information content (AvgIpc) is 2.79. The van der Waals surface area contributed by atoms with E-state index in [-0.39, 0.29) is 6.10 Å². The minimum atomic E-state index is 0.274. The Morgan fingerprint density at radius 2 is 1.72 bits per heavy atom. The molecule has 0 aliphatic heterocycles. The van der Waals surface area contributed by atoms with Crippen molar-refractivity contribution in [2.24, 2.45) is 0 Å². The minimum absolute atomic E-state index is 0.274. The van der Waals surface area contributed by atoms with Gasteiger partial charge in [0.1, 0.15) is 0 Å². The van der Waals surface area contributed by atoms with Crippen LogP contribution in [0.3, 0.4) is 0 Å². The first kappa shape index (κ1) is 19.3. The van der Waals surface area contributed by atoms with Crippen molar-refractivity contribution < 1.29 is 9.47 Å². The van der Waals surface area contributed by atoms with Gasteiger partial charge in [0, 0.05) is 36.4 Å². The lowest BCUT2D eigenvalue weighted by Crippen LogP contribution is -2.20. The molecule has 0 N–H and O–H groups in total. The molecule has 1 aromatic heterocycles. The lowest BCUT2D eigenvalue weighted by atomic mass is 9.98. The summed E-state index contributed by atoms with van der Waals surface area (Å²) >= 11 is 0. The maximum Gasteiger partial charge on any atom is 0.163 e. The quantitative estimate of drug-likeness (QED) is 0.487. The molecule has 4 nitrogen and oxygen atoms in total. The molecule has 3 aromatic rings. The molecular weight excluding hydrogens is 360 g/mol. The summed E-state index contributed by atoms with van der Waals surface area (Å²) in [6.07, 6.45) is 10.0. The first-order valence-electron chi connectivity index (χ1n) is 10.4. The van der Waals surface area contributed by atoms with Crippen LogP contribution in [0.1, 0.15) is 37.7 Å². The molecule has 1 aliphatic carbocycles. The number of para-hydroxylation sites is 1. The molecule has 150 valence electrons. The van der Waals surface area contributed by atoms with Crippen LogP contribution in [0, 0.1) is 0 Å². The highest BCUT2D eigenvalue weighted by Gasteiger charge is 2.19. The Bertz CT molecular complexity index is 893. The Hall–Kier alpha value is -3.01. The SMILES string of the molecule is COc1ccc(N(Cc2cccnc2)c2ccccc2)cc1OC1CCCCC1. The van der Waals surface area contributed by atoms with Gasteiger partial charge in [-0.3, -0.25) is 4.98 Å². The molecule has 0 saturated heterocycles. The van der Waals surface area contributed by atoms with E-state index < -0.39 is 0 Å². The summed E-state index contributed by atoms with van der Waals surface area (Å²) in [7, 11) is 1.70. The van der Waals surface area contributed by atoms with E-state index in [1.807, 2.05) is 24.4 Å². The van der Waals surface area contributed by atoms with Crippen LogP contribution in [0.5, 0.6) is 11.5 Å². The van der Waals surface area contributed by atoms with Crippen LogP contribution in [-0.2, 0) is 6.54 Å². The van der Waals surface area contributed by atoms with E-state index in [1.165, 1.54) is 19.3 Å². The number of benzene rings is 2. The number of aromatic nitrogens is 1. The Morgan fingerprint density at radius 3 is 2.45 bits per heavy atom. The average molecular weight is 389 g/mol. The van der Waals surface area contributed by atoms with Gasteiger partial charge in [-0.1, -0.05) is 30.7 Å². The van der Waals surface area contributed by atoms with Gasteiger partial charge in [-0.05, 0) is 61.6 Å². The first-order valence-corrected chi connectivity index (χ1v) is 10.4. The fraction of sp³-hybridized carbons (Fsp3) is 0.320. The third-order valence-electron chi connectivity index (χ3n) is 5.44. The second kappa shape index (κ2) is 9.46. The Labute approximate surface area is 173 Å². The predicted octanol–water partition coefficient (Wildman–Crippen LogP) is 6.14. The van der Waals surface area contributed by atoms with Crippen LogP contribution < -0.4 is 14.4 Å². The van der Waals surface area contributed by atoms with Crippen molar-refractivity contribution in [1.82, 2.24) is 4.98 Å². The van der Waals surface area contributed by atoms with Gasteiger partial charge in [-0.2, -0.15) is 0 Å². The zero-order chi connectivity index (χ0) is 19.9. The molecule has 0 atom stereocenters. The van der Waals surface area contributed by atoms with Crippen molar-refractivity contribution in [3.8, 4) is 11.5 Å². The highest BCUT2D eigenvalue weighted by atomic mass is 16.5. The summed E-state index contributed by atoms with van der Waals surface area (Å²) < 4.78 is 12.0. The van der Waals surface area contributed by atoms with Gasteiger partial charge >= 0.3 is 0 Å². The van der Waals surface area contributed by atoms with Crippen LogP contribution in [0.15, 0.2) is 73.1 Å². The molecule has 1 aliphatic rings. The summed E-state index contributed by atoms with van der Waals surface area (Å²) in [5.74, 6) is 1.61. The first-order chi connectivity index (χ1) is 14.3. The molecule has 0 bridgehead atoms. The standard InChI is InChI=1S/C25H28N2O2/c1-28-24-15-14-22(17-25(24)29-23-12-6-3-7-13-23)27(21-10-4-2-5-11-21)19-20-9-8-16-26-18-20/h2,4-5,8-11,14-18,23H,3,6-7,12-13,19H2,1H3. The zero-order valence-electron chi connectivity index (χ0n) is 17.0. The van der Waals surface area contributed by atoms with Crippen LogP contribution in [0.2, 0.25) is 0 Å². The van der Waals surface area contributed by atoms with E-state index in [2.05, 4.69) is 52.3 Å². The topological polar surface area (TPSA) is 34.6 Å². The summed E-state index contributed by atoms with van der Waals surface area (Å²) in [4.78, 5) is 6.56. The fourth-order valence-electron chi connectivity index (χ4n) is 3.90. The summed E-state index contributed by atoms with van der Waals surface area (Å²) in [6.45, 7) is 0.729. The number of hydrogen-bond acceptors (Lipinski definition) is 4. The fourth-order valence-corrected chi connectivity index (χ4v) is 3.90. The highest BCUT2D eigenvalue weighted by molar-refractivity contribution is 5.66. The zero-order valence-corrected chi connectivity index (χ0v) is 17.0. The largest absolute Gasteiger partial charge is 0.493 e. The molecule has 2 aromatic carbocycles. The maximum absolute atomic E-state index is 6.39. The smallest absolute Gasteiger partial charge is 0.163 e. The Kier molecular flexibility index (Phi) is 6.30. The third-order valence-corrected chi connectivity index (χ3v) is 5.44. The van der Waals surface area contributed by atoms with Gasteiger partial charge in [-0.25, -0.2) is 0 Å². The molecule has 0 radical (unpaired) electrons. The molecule has 1 fully saturated rings. The maximum atomic E-state index is 6.39. The molecule has 4 rings (SSSR count). The molecule has 1 heterocycles. The number of ether oxygens (including phenoxy) is 2. The van der Waals surface area contributed by atoms with Gasteiger partial charge < -0.3 is 14.4 Å². The van der Waals surface area contributed by atoms with Gasteiger partial charge in [-0.15, -0.1) is 0 Å². The summed E-state index contributed by atoms with van der Waals surface area (Å²) in [6, 6.07) is 20.7. The normalized spacial score (nSPS) is 14.4. The van der Waals surface area contributed by atoms with Crippen LogP contribution >= 0.6 is 0 Å². The monoisotopic (exact) mass is 388 g/mol. The number of pyridine rings is 1. The van der Waals surface area contributed by atoms with Gasteiger partial charge in [0.25, 0.3) is 0 Å². The van der Waals surface area contributed by atoms with E-state index in [0.717, 1.165) is 47.8 Å². The van der Waals surface area contributed by atoms with Gasteiger partial charge in [0.05, 0.1) is 13.2 Å². The molecular formula is C25H28N2O2. The third kappa shape index (κ3) is 4.89. The molecule has 0 unspecified atom stereocenters. The van der Waals surface area contributed by atoms with E-state index >= 15 is 0 Å². The Morgan fingerprint density at radius 1 is 0.897 bits per heavy atom. The van der Waals surface area contributed by atoms with E-state index in [9.17, 15) is 0 Å². The van der Waals surface area contributed by atoms with E-state index in [4.69, 9.17) is 9.47 Å². The van der Waals surface area contributed by atoms with Crippen molar-refractivity contribution in [3.05, 3.63) is 78.6 Å². The van der Waals surface area contributed by atoms with Crippen molar-refractivity contribution in [3.63, 3.8) is 0 Å². The molecule has 4 heteroatoms. The summed E-state index contributed by atoms with van der Waals surface area (Å²) in [5.41, 5.74) is 3.36. The second-order valence-electron chi connectivity index (χ2n) is 7.50. The van der Waals surface area contributed by atoms with Crippen LogP contribution in [-0.4, -0.2) is 18.2 Å². The molecule has 0 amide bonds. The van der Waals surface area contributed by atoms with Crippen molar-refractivity contribution in [1.29, 1.82) is 0 Å². The minimum Gasteiger partial charge on any atom is -0.493 e. The van der Waals surface area contributed by atoms with Gasteiger partial charge in [0.2, 0.25) is 0 Å². The lowest BCUT2D eigenvalue weighted by Gasteiger charge is -2.28. The van der Waals surface area contributed by atoms with Crippen molar-refractivity contribution in [2.45, 2.75) is 44.8 Å². The molecule has 0 spiro atoms. The highest BCUT2D eigenvalue weighted by Crippen LogP contribution is 2.37. The number of hydrogen-bond donors (Lipinski definition) is 0. The summed E-state index contributed by atoms with van der Waals surface area (Å²) in [5, 5.41) is 0. The molecule has 29 heavy (non-hydrogen) atoms. The van der Waals surface area contributed by atoms with Crippen LogP contribution in [0.4, 0.5) is 11.4 Å². The second-order valence-corrected chi connectivity index (χ2v) is 7.50. The van der Waals surface area contributed by atoms with Crippen LogP contribution in [0.25, 0.3) is 0 Å². The van der Waals surface area contributed by atoms with E-state index in [1.54, 1.807) is 13.3 Å². The van der Waals surface area contributed by atoms with Crippen molar-refractivity contribution in [2.75, 3.05) is 12.0 Å². The predicted molar refractivity (Wildman–Crippen MR) is 117 cm³/mol. The van der Waals surface area contributed by atoms with Crippen molar-refractivity contribution >= 4 is 11.4 Å². The number of nitrogens with zero attached hydrogens (tertiary/aromatic N) is 2. The lowest BCUT2D eigenvalue weighted by molar-refractivity contribution is 0.149. The number of anilines is 2. The van der Waals surface area contributed by atoms with E-state index in [0.29, 0.717) is 0 Å². The number of methoxy groups -OCH3 is 1. The molecule has 1 saturated carbocycles. The number of rotatable bonds is 7. The van der Waals surface area contributed by atoms with Gasteiger partial charge in [0.15, 0.2) is 11.5 Å².